The topological polar surface area (TPSA) is 62.4 Å². The van der Waals surface area contributed by atoms with Crippen LogP contribution in [-0.4, -0.2) is 29.3 Å². The number of hydrogen-bond acceptors (Lipinski definition) is 4. The molecule has 0 aromatic carbocycles. The molecular formula is C12H19N3O. The summed E-state index contributed by atoms with van der Waals surface area (Å²) in [6.45, 7) is 3.68. The molecule has 1 aromatic heterocycles. The van der Waals surface area contributed by atoms with Gasteiger partial charge in [-0.1, -0.05) is 0 Å². The molecule has 0 spiro atoms. The molecule has 1 aromatic rings. The molecule has 1 saturated heterocycles. The first-order valence-corrected chi connectivity index (χ1v) is 5.82. The highest BCUT2D eigenvalue weighted by atomic mass is 16.3. The van der Waals surface area contributed by atoms with Crippen molar-refractivity contribution < 1.29 is 5.11 Å². The third-order valence-corrected chi connectivity index (χ3v) is 3.26. The van der Waals surface area contributed by atoms with Gasteiger partial charge in [-0.25, -0.2) is 4.98 Å². The molecule has 2 atom stereocenters. The van der Waals surface area contributed by atoms with Gasteiger partial charge in [-0.15, -0.1) is 0 Å². The molecule has 0 radical (unpaired) electrons. The van der Waals surface area contributed by atoms with E-state index in [9.17, 15) is 5.11 Å². The summed E-state index contributed by atoms with van der Waals surface area (Å²) in [5.41, 5.74) is 6.62. The molecule has 0 aliphatic carbocycles. The molecule has 1 fully saturated rings. The summed E-state index contributed by atoms with van der Waals surface area (Å²) in [7, 11) is 0. The van der Waals surface area contributed by atoms with Crippen molar-refractivity contribution in [2.75, 3.05) is 23.7 Å². The van der Waals surface area contributed by atoms with Crippen LogP contribution in [0.3, 0.4) is 0 Å². The molecule has 4 nitrogen and oxygen atoms in total. The lowest BCUT2D eigenvalue weighted by molar-refractivity contribution is 0.115. The zero-order valence-electron chi connectivity index (χ0n) is 9.63. The van der Waals surface area contributed by atoms with Crippen LogP contribution in [0.25, 0.3) is 0 Å². The van der Waals surface area contributed by atoms with E-state index in [1.807, 2.05) is 19.1 Å². The Balaban J connectivity index is 2.13. The van der Waals surface area contributed by atoms with Crippen molar-refractivity contribution in [3.05, 3.63) is 18.3 Å². The first-order chi connectivity index (χ1) is 7.68. The van der Waals surface area contributed by atoms with E-state index in [4.69, 9.17) is 5.73 Å². The molecule has 2 rings (SSSR count). The number of nitrogens with two attached hydrogens (primary N) is 1. The van der Waals surface area contributed by atoms with Gasteiger partial charge in [0.2, 0.25) is 0 Å². The monoisotopic (exact) mass is 221 g/mol. The van der Waals surface area contributed by atoms with Gasteiger partial charge in [0.15, 0.2) is 5.82 Å². The standard InChI is InChI=1S/C12H19N3O/c1-9(16)10-4-3-7-15(8-10)12-11(13)5-2-6-14-12/h2,5-6,9-10,16H,3-4,7-8,13H2,1H3/t9-,10+/m0/s1. The van der Waals surface area contributed by atoms with E-state index in [2.05, 4.69) is 9.88 Å². The minimum Gasteiger partial charge on any atom is -0.396 e. The Kier molecular flexibility index (Phi) is 3.29. The molecule has 0 bridgehead atoms. The number of anilines is 2. The highest BCUT2D eigenvalue weighted by Crippen LogP contribution is 2.26. The minimum atomic E-state index is -0.257. The summed E-state index contributed by atoms with van der Waals surface area (Å²) in [4.78, 5) is 6.49. The second-order valence-electron chi connectivity index (χ2n) is 4.51. The number of pyridine rings is 1. The van der Waals surface area contributed by atoms with Crippen molar-refractivity contribution >= 4 is 11.5 Å². The molecule has 0 amide bonds. The summed E-state index contributed by atoms with van der Waals surface area (Å²) in [5.74, 6) is 1.18. The third-order valence-electron chi connectivity index (χ3n) is 3.26. The summed E-state index contributed by atoms with van der Waals surface area (Å²) >= 11 is 0. The van der Waals surface area contributed by atoms with Crippen LogP contribution in [0.4, 0.5) is 11.5 Å². The lowest BCUT2D eigenvalue weighted by Crippen LogP contribution is -2.40. The van der Waals surface area contributed by atoms with E-state index in [1.165, 1.54) is 0 Å². The molecule has 1 aliphatic rings. The second kappa shape index (κ2) is 4.70. The predicted octanol–water partition coefficient (Wildman–Crippen LogP) is 1.26. The maximum atomic E-state index is 9.63. The van der Waals surface area contributed by atoms with Crippen LogP contribution in [0, 0.1) is 5.92 Å². The van der Waals surface area contributed by atoms with Gasteiger partial charge in [0.1, 0.15) is 0 Å². The van der Waals surface area contributed by atoms with Crippen molar-refractivity contribution in [3.63, 3.8) is 0 Å². The Hall–Kier alpha value is -1.29. The predicted molar refractivity (Wildman–Crippen MR) is 65.3 cm³/mol. The maximum absolute atomic E-state index is 9.63. The summed E-state index contributed by atoms with van der Waals surface area (Å²) in [6.07, 6.45) is 3.68. The van der Waals surface area contributed by atoms with Crippen LogP contribution >= 0.6 is 0 Å². The number of rotatable bonds is 2. The van der Waals surface area contributed by atoms with Crippen LogP contribution < -0.4 is 10.6 Å². The average Bonchev–Trinajstić information content (AvgIpc) is 2.30. The quantitative estimate of drug-likeness (QED) is 0.789. The number of aliphatic hydroxyl groups excluding tert-OH is 1. The van der Waals surface area contributed by atoms with Crippen molar-refractivity contribution in [2.45, 2.75) is 25.9 Å². The Labute approximate surface area is 96.1 Å². The number of aliphatic hydroxyl groups is 1. The Morgan fingerprint density at radius 3 is 3.12 bits per heavy atom. The van der Waals surface area contributed by atoms with Crippen LogP contribution in [0.5, 0.6) is 0 Å². The van der Waals surface area contributed by atoms with Gasteiger partial charge in [0.25, 0.3) is 0 Å². The molecular weight excluding hydrogens is 202 g/mol. The number of piperidine rings is 1. The minimum absolute atomic E-state index is 0.257. The molecule has 3 N–H and O–H groups in total. The number of nitrogens with zero attached hydrogens (tertiary/aromatic N) is 2. The fraction of sp³-hybridized carbons (Fsp3) is 0.583. The number of hydrogen-bond donors (Lipinski definition) is 2. The Morgan fingerprint density at radius 1 is 1.62 bits per heavy atom. The first-order valence-electron chi connectivity index (χ1n) is 5.82. The third kappa shape index (κ3) is 2.27. The van der Waals surface area contributed by atoms with E-state index in [0.717, 1.165) is 31.7 Å². The fourth-order valence-electron chi connectivity index (χ4n) is 2.27. The van der Waals surface area contributed by atoms with E-state index in [1.54, 1.807) is 6.20 Å². The van der Waals surface area contributed by atoms with Gasteiger partial charge in [-0.2, -0.15) is 0 Å². The van der Waals surface area contributed by atoms with Gasteiger partial charge in [0.05, 0.1) is 11.8 Å². The molecule has 0 unspecified atom stereocenters. The number of nitrogen functional groups attached to an aromatic ring is 1. The zero-order chi connectivity index (χ0) is 11.5. The highest BCUT2D eigenvalue weighted by Gasteiger charge is 2.24. The number of aromatic nitrogens is 1. The van der Waals surface area contributed by atoms with E-state index in [-0.39, 0.29) is 6.10 Å². The Bertz CT molecular complexity index is 354. The van der Waals surface area contributed by atoms with E-state index < -0.39 is 0 Å². The van der Waals surface area contributed by atoms with Gasteiger partial charge >= 0.3 is 0 Å². The maximum Gasteiger partial charge on any atom is 0.151 e. The molecule has 0 saturated carbocycles. The molecule has 16 heavy (non-hydrogen) atoms. The molecule has 4 heteroatoms. The van der Waals surface area contributed by atoms with Crippen LogP contribution in [0.15, 0.2) is 18.3 Å². The van der Waals surface area contributed by atoms with Gasteiger partial charge < -0.3 is 15.7 Å². The van der Waals surface area contributed by atoms with E-state index in [0.29, 0.717) is 11.6 Å². The lowest BCUT2D eigenvalue weighted by atomic mass is 9.93. The fourth-order valence-corrected chi connectivity index (χ4v) is 2.27. The molecule has 2 heterocycles. The van der Waals surface area contributed by atoms with E-state index >= 15 is 0 Å². The normalized spacial score (nSPS) is 23.1. The van der Waals surface area contributed by atoms with Gasteiger partial charge in [-0.05, 0) is 31.9 Å². The largest absolute Gasteiger partial charge is 0.396 e. The van der Waals surface area contributed by atoms with Gasteiger partial charge in [0, 0.05) is 25.2 Å². The van der Waals surface area contributed by atoms with Crippen LogP contribution in [-0.2, 0) is 0 Å². The summed E-state index contributed by atoms with van der Waals surface area (Å²) in [6, 6.07) is 3.71. The second-order valence-corrected chi connectivity index (χ2v) is 4.51. The first kappa shape index (κ1) is 11.2. The summed E-state index contributed by atoms with van der Waals surface area (Å²) < 4.78 is 0. The smallest absolute Gasteiger partial charge is 0.151 e. The molecule has 1 aliphatic heterocycles. The van der Waals surface area contributed by atoms with Crippen molar-refractivity contribution in [1.82, 2.24) is 4.98 Å². The van der Waals surface area contributed by atoms with Crippen molar-refractivity contribution in [1.29, 1.82) is 0 Å². The van der Waals surface area contributed by atoms with Crippen molar-refractivity contribution in [2.24, 2.45) is 5.92 Å². The SMILES string of the molecule is C[C@H](O)[C@@H]1CCCN(c2ncccc2N)C1. The van der Waals surface area contributed by atoms with Crippen LogP contribution in [0.2, 0.25) is 0 Å². The molecule has 88 valence electrons. The lowest BCUT2D eigenvalue weighted by Gasteiger charge is -2.35. The van der Waals surface area contributed by atoms with Crippen molar-refractivity contribution in [3.8, 4) is 0 Å². The van der Waals surface area contributed by atoms with Gasteiger partial charge in [-0.3, -0.25) is 0 Å². The summed E-state index contributed by atoms with van der Waals surface area (Å²) in [5, 5.41) is 9.63. The average molecular weight is 221 g/mol. The Morgan fingerprint density at radius 2 is 2.44 bits per heavy atom. The highest BCUT2D eigenvalue weighted by molar-refractivity contribution is 5.62. The van der Waals surface area contributed by atoms with Crippen LogP contribution in [0.1, 0.15) is 19.8 Å². The zero-order valence-corrected chi connectivity index (χ0v) is 9.63.